The molecule has 0 atom stereocenters. The van der Waals surface area contributed by atoms with Gasteiger partial charge < -0.3 is 10.2 Å². The maximum Gasteiger partial charge on any atom is 0.434 e. The van der Waals surface area contributed by atoms with Crippen molar-refractivity contribution >= 4 is 11.9 Å². The van der Waals surface area contributed by atoms with Crippen LogP contribution in [0, 0.1) is 17.8 Å². The summed E-state index contributed by atoms with van der Waals surface area (Å²) in [5.74, 6) is -2.18. The molecule has 6 rings (SSSR count). The van der Waals surface area contributed by atoms with Crippen LogP contribution in [0.25, 0.3) is 0 Å². The summed E-state index contributed by atoms with van der Waals surface area (Å²) in [7, 11) is 0. The molecule has 1 N–H and O–H groups in total. The van der Waals surface area contributed by atoms with E-state index >= 15 is 0 Å². The molecule has 31 heavy (non-hydrogen) atoms. The highest BCUT2D eigenvalue weighted by atomic mass is 19.4. The molecular formula is C21H25F5N4O. The lowest BCUT2D eigenvalue weighted by molar-refractivity contribution is -0.141. The lowest BCUT2D eigenvalue weighted by atomic mass is 9.53. The Morgan fingerprint density at radius 3 is 2.10 bits per heavy atom. The van der Waals surface area contributed by atoms with Crippen LogP contribution in [0.4, 0.5) is 27.9 Å². The SMILES string of the molecule is O=C(c1cnc(NC23CC4CC(CC(C4)C2)C3)nc1C(F)(F)F)N1CCC(F)(F)CC1. The van der Waals surface area contributed by atoms with E-state index in [-0.39, 0.29) is 24.6 Å². The van der Waals surface area contributed by atoms with Crippen molar-refractivity contribution in [2.24, 2.45) is 17.8 Å². The minimum absolute atomic E-state index is 0.115. The molecule has 2 heterocycles. The van der Waals surface area contributed by atoms with Gasteiger partial charge in [0.15, 0.2) is 5.69 Å². The number of anilines is 1. The minimum atomic E-state index is -4.86. The van der Waals surface area contributed by atoms with E-state index in [2.05, 4.69) is 15.3 Å². The van der Waals surface area contributed by atoms with Crippen LogP contribution < -0.4 is 5.32 Å². The minimum Gasteiger partial charge on any atom is -0.349 e. The summed E-state index contributed by atoms with van der Waals surface area (Å²) in [5.41, 5.74) is -2.27. The average Bonchev–Trinajstić information content (AvgIpc) is 2.65. The van der Waals surface area contributed by atoms with E-state index in [1.807, 2.05) is 0 Å². The molecule has 1 aromatic heterocycles. The Kier molecular flexibility index (Phi) is 4.71. The number of piperidine rings is 1. The number of carbonyl (C=O) groups excluding carboxylic acids is 1. The van der Waals surface area contributed by atoms with Gasteiger partial charge >= 0.3 is 6.18 Å². The first-order chi connectivity index (χ1) is 14.5. The van der Waals surface area contributed by atoms with Crippen molar-refractivity contribution in [1.29, 1.82) is 0 Å². The fourth-order valence-corrected chi connectivity index (χ4v) is 6.52. The molecule has 1 aliphatic heterocycles. The number of hydrogen-bond donors (Lipinski definition) is 1. The number of nitrogens with one attached hydrogen (secondary N) is 1. The second-order valence-electron chi connectivity index (χ2n) is 9.92. The number of alkyl halides is 5. The van der Waals surface area contributed by atoms with Gasteiger partial charge in [0.05, 0.1) is 5.56 Å². The normalized spacial score (nSPS) is 34.1. The maximum absolute atomic E-state index is 13.8. The number of aromatic nitrogens is 2. The zero-order chi connectivity index (χ0) is 22.0. The molecule has 0 aromatic carbocycles. The Bertz CT molecular complexity index is 842. The average molecular weight is 444 g/mol. The van der Waals surface area contributed by atoms with Gasteiger partial charge in [0.2, 0.25) is 5.95 Å². The second kappa shape index (κ2) is 7.00. The van der Waals surface area contributed by atoms with Gasteiger partial charge in [0, 0.05) is 37.7 Å². The highest BCUT2D eigenvalue weighted by Gasteiger charge is 2.51. The summed E-state index contributed by atoms with van der Waals surface area (Å²) in [5, 5.41) is 3.21. The van der Waals surface area contributed by atoms with Crippen molar-refractivity contribution in [3.05, 3.63) is 17.5 Å². The van der Waals surface area contributed by atoms with E-state index in [0.717, 1.165) is 30.4 Å². The molecule has 0 spiro atoms. The van der Waals surface area contributed by atoms with Crippen LogP contribution in [0.2, 0.25) is 0 Å². The number of carbonyl (C=O) groups is 1. The molecule has 0 unspecified atom stereocenters. The van der Waals surface area contributed by atoms with Crippen LogP contribution >= 0.6 is 0 Å². The summed E-state index contributed by atoms with van der Waals surface area (Å²) < 4.78 is 68.0. The van der Waals surface area contributed by atoms with Gasteiger partial charge in [-0.15, -0.1) is 0 Å². The number of hydrogen-bond acceptors (Lipinski definition) is 4. The predicted molar refractivity (Wildman–Crippen MR) is 102 cm³/mol. The van der Waals surface area contributed by atoms with E-state index in [1.54, 1.807) is 0 Å². The van der Waals surface area contributed by atoms with Gasteiger partial charge in [0.1, 0.15) is 0 Å². The van der Waals surface area contributed by atoms with Crippen molar-refractivity contribution in [1.82, 2.24) is 14.9 Å². The fraction of sp³-hybridized carbons (Fsp3) is 0.762. The monoisotopic (exact) mass is 444 g/mol. The molecule has 1 amide bonds. The Balaban J connectivity index is 1.39. The molecule has 10 heteroatoms. The maximum atomic E-state index is 13.8. The van der Waals surface area contributed by atoms with E-state index in [4.69, 9.17) is 0 Å². The summed E-state index contributed by atoms with van der Waals surface area (Å²) in [6.07, 6.45) is 1.22. The molecule has 5 nitrogen and oxygen atoms in total. The molecule has 1 aromatic rings. The molecule has 0 radical (unpaired) electrons. The lowest BCUT2D eigenvalue weighted by Crippen LogP contribution is -2.55. The predicted octanol–water partition coefficient (Wildman–Crippen LogP) is 4.75. The van der Waals surface area contributed by atoms with Gasteiger partial charge in [-0.3, -0.25) is 4.79 Å². The second-order valence-corrected chi connectivity index (χ2v) is 9.92. The fourth-order valence-electron chi connectivity index (χ4n) is 6.52. The first-order valence-electron chi connectivity index (χ1n) is 10.9. The van der Waals surface area contributed by atoms with Crippen LogP contribution in [0.5, 0.6) is 0 Å². The zero-order valence-electron chi connectivity index (χ0n) is 17.0. The van der Waals surface area contributed by atoms with Crippen molar-refractivity contribution in [2.45, 2.75) is 69.0 Å². The van der Waals surface area contributed by atoms with Gasteiger partial charge in [-0.25, -0.2) is 18.7 Å². The van der Waals surface area contributed by atoms with Crippen molar-refractivity contribution in [3.8, 4) is 0 Å². The summed E-state index contributed by atoms with van der Waals surface area (Å²) >= 11 is 0. The topological polar surface area (TPSA) is 58.1 Å². The molecule has 4 bridgehead atoms. The van der Waals surface area contributed by atoms with E-state index in [9.17, 15) is 26.7 Å². The molecule has 170 valence electrons. The standard InChI is InChI=1S/C21H25F5N4O/c22-20(23)1-3-30(4-2-20)17(31)15-11-27-18(28-16(15)21(24,25)26)29-19-8-12-5-13(9-19)7-14(6-12)10-19/h11-14H,1-10H2,(H,27,28,29). The van der Waals surface area contributed by atoms with Crippen LogP contribution in [0.3, 0.4) is 0 Å². The number of nitrogens with zero attached hydrogens (tertiary/aromatic N) is 3. The number of likely N-dealkylation sites (tertiary alicyclic amines) is 1. The Morgan fingerprint density at radius 2 is 1.58 bits per heavy atom. The third-order valence-corrected chi connectivity index (χ3v) is 7.49. The molecule has 4 aliphatic carbocycles. The van der Waals surface area contributed by atoms with Crippen LogP contribution in [-0.4, -0.2) is 45.3 Å². The quantitative estimate of drug-likeness (QED) is 0.684. The lowest BCUT2D eigenvalue weighted by Gasteiger charge is -2.56. The third kappa shape index (κ3) is 3.98. The summed E-state index contributed by atoms with van der Waals surface area (Å²) in [6, 6.07) is 0. The van der Waals surface area contributed by atoms with Crippen LogP contribution in [0.1, 0.15) is 67.4 Å². The number of rotatable bonds is 3. The number of halogens is 5. The highest BCUT2D eigenvalue weighted by Crippen LogP contribution is 2.56. The zero-order valence-corrected chi connectivity index (χ0v) is 17.0. The molecule has 1 saturated heterocycles. The van der Waals surface area contributed by atoms with Crippen molar-refractivity contribution in [3.63, 3.8) is 0 Å². The summed E-state index contributed by atoms with van der Waals surface area (Å²) in [6.45, 7) is -0.590. The van der Waals surface area contributed by atoms with Crippen LogP contribution in [0.15, 0.2) is 6.20 Å². The van der Waals surface area contributed by atoms with Gasteiger partial charge in [0.25, 0.3) is 11.8 Å². The third-order valence-electron chi connectivity index (χ3n) is 7.49. The van der Waals surface area contributed by atoms with Gasteiger partial charge in [-0.2, -0.15) is 13.2 Å². The van der Waals surface area contributed by atoms with Crippen LogP contribution in [-0.2, 0) is 6.18 Å². The largest absolute Gasteiger partial charge is 0.434 e. The van der Waals surface area contributed by atoms with Crippen molar-refractivity contribution < 1.29 is 26.7 Å². The highest BCUT2D eigenvalue weighted by molar-refractivity contribution is 5.95. The summed E-state index contributed by atoms with van der Waals surface area (Å²) in [4.78, 5) is 21.5. The first-order valence-corrected chi connectivity index (χ1v) is 10.9. The van der Waals surface area contributed by atoms with E-state index in [0.29, 0.717) is 17.8 Å². The first kappa shape index (κ1) is 20.9. The van der Waals surface area contributed by atoms with E-state index < -0.39 is 42.1 Å². The van der Waals surface area contributed by atoms with E-state index in [1.165, 1.54) is 19.3 Å². The molecule has 5 aliphatic rings. The van der Waals surface area contributed by atoms with Crippen molar-refractivity contribution in [2.75, 3.05) is 18.4 Å². The Hall–Kier alpha value is -2.00. The molecular weight excluding hydrogens is 419 g/mol. The molecule has 5 fully saturated rings. The van der Waals surface area contributed by atoms with Gasteiger partial charge in [-0.05, 0) is 56.3 Å². The molecule has 4 saturated carbocycles. The Morgan fingerprint density at radius 1 is 1.03 bits per heavy atom. The smallest absolute Gasteiger partial charge is 0.349 e. The van der Waals surface area contributed by atoms with Gasteiger partial charge in [-0.1, -0.05) is 0 Å². The number of amides is 1. The Labute approximate surface area is 176 Å².